The quantitative estimate of drug-likeness (QED) is 0.608. The molecule has 0 N–H and O–H groups in total. The van der Waals surface area contributed by atoms with E-state index in [1.54, 1.807) is 4.57 Å². The van der Waals surface area contributed by atoms with Crippen LogP contribution in [0.15, 0.2) is 60.6 Å². The second-order valence-electron chi connectivity index (χ2n) is 4.85. The van der Waals surface area contributed by atoms with Gasteiger partial charge in [0.05, 0.1) is 0 Å². The SMILES string of the molecule is C=C(Cn1c2ccccc2c2ccccc21)[B-](F)(F)F. The van der Waals surface area contributed by atoms with Crippen LogP contribution in [0.1, 0.15) is 0 Å². The fourth-order valence-electron chi connectivity index (χ4n) is 2.48. The van der Waals surface area contributed by atoms with Gasteiger partial charge in [0.1, 0.15) is 0 Å². The summed E-state index contributed by atoms with van der Waals surface area (Å²) in [6, 6.07) is 15.0. The van der Waals surface area contributed by atoms with Crippen molar-refractivity contribution >= 4 is 28.8 Å². The summed E-state index contributed by atoms with van der Waals surface area (Å²) in [4.78, 5) is 0. The number of hydrogen-bond donors (Lipinski definition) is 0. The predicted molar refractivity (Wildman–Crippen MR) is 77.7 cm³/mol. The summed E-state index contributed by atoms with van der Waals surface area (Å²) in [6.07, 6.45) is 0. The maximum atomic E-state index is 12.8. The highest BCUT2D eigenvalue weighted by molar-refractivity contribution is 6.66. The van der Waals surface area contributed by atoms with Crippen LogP contribution in [0.4, 0.5) is 12.9 Å². The smallest absolute Gasteiger partial charge is 0.445 e. The van der Waals surface area contributed by atoms with Gasteiger partial charge in [-0.1, -0.05) is 36.4 Å². The third-order valence-electron chi connectivity index (χ3n) is 3.50. The van der Waals surface area contributed by atoms with Crippen LogP contribution in [0.2, 0.25) is 0 Å². The van der Waals surface area contributed by atoms with Crippen LogP contribution >= 0.6 is 0 Å². The van der Waals surface area contributed by atoms with Gasteiger partial charge in [0.2, 0.25) is 0 Å². The maximum absolute atomic E-state index is 12.8. The van der Waals surface area contributed by atoms with Crippen LogP contribution < -0.4 is 0 Å². The van der Waals surface area contributed by atoms with E-state index in [0.717, 1.165) is 21.8 Å². The molecule has 3 rings (SSSR count). The minimum Gasteiger partial charge on any atom is -0.445 e. The number of para-hydroxylation sites is 2. The van der Waals surface area contributed by atoms with E-state index in [1.165, 1.54) is 0 Å². The molecule has 20 heavy (non-hydrogen) atoms. The molecule has 0 fully saturated rings. The fourth-order valence-corrected chi connectivity index (χ4v) is 2.48. The van der Waals surface area contributed by atoms with Crippen molar-refractivity contribution < 1.29 is 12.9 Å². The van der Waals surface area contributed by atoms with Crippen LogP contribution in [0.3, 0.4) is 0 Å². The first-order valence-electron chi connectivity index (χ1n) is 6.32. The molecule has 0 radical (unpaired) electrons. The highest BCUT2D eigenvalue weighted by Gasteiger charge is 2.27. The first-order valence-corrected chi connectivity index (χ1v) is 6.32. The first-order chi connectivity index (χ1) is 9.48. The van der Waals surface area contributed by atoms with E-state index >= 15 is 0 Å². The Bertz CT molecular complexity index is 748. The fraction of sp³-hybridized carbons (Fsp3) is 0.0667. The molecule has 0 bridgehead atoms. The van der Waals surface area contributed by atoms with Crippen LogP contribution in [0, 0.1) is 0 Å². The standard InChI is InChI=1S/C15H12BF3N/c1-11(16(17,18)19)10-20-14-8-4-2-6-12(14)13-7-3-5-9-15(13)20/h2-9H,1,10H2/q-1. The Morgan fingerprint density at radius 3 is 1.80 bits per heavy atom. The maximum Gasteiger partial charge on any atom is 0.506 e. The van der Waals surface area contributed by atoms with Gasteiger partial charge in [0.15, 0.2) is 0 Å². The van der Waals surface area contributed by atoms with Crippen molar-refractivity contribution in [2.45, 2.75) is 6.54 Å². The van der Waals surface area contributed by atoms with Gasteiger partial charge < -0.3 is 17.5 Å². The molecule has 0 unspecified atom stereocenters. The number of nitrogens with zero attached hydrogens (tertiary/aromatic N) is 1. The van der Waals surface area contributed by atoms with Crippen molar-refractivity contribution in [1.82, 2.24) is 4.57 Å². The molecule has 0 saturated heterocycles. The van der Waals surface area contributed by atoms with E-state index in [1.807, 2.05) is 48.5 Å². The molecule has 102 valence electrons. The highest BCUT2D eigenvalue weighted by Crippen LogP contribution is 2.30. The first kappa shape index (κ1) is 12.8. The highest BCUT2D eigenvalue weighted by atomic mass is 19.4. The lowest BCUT2D eigenvalue weighted by Crippen LogP contribution is -2.22. The van der Waals surface area contributed by atoms with Gasteiger partial charge in [-0.05, 0) is 12.1 Å². The average Bonchev–Trinajstić information content (AvgIpc) is 2.73. The zero-order chi connectivity index (χ0) is 14.3. The average molecular weight is 274 g/mol. The van der Waals surface area contributed by atoms with E-state index in [-0.39, 0.29) is 6.54 Å². The number of aromatic nitrogens is 1. The largest absolute Gasteiger partial charge is 0.506 e. The summed E-state index contributed by atoms with van der Waals surface area (Å²) in [5, 5.41) is 1.93. The van der Waals surface area contributed by atoms with E-state index < -0.39 is 12.4 Å². The summed E-state index contributed by atoms with van der Waals surface area (Å²) in [5.41, 5.74) is 0.918. The second-order valence-corrected chi connectivity index (χ2v) is 4.85. The minimum atomic E-state index is -5.02. The predicted octanol–water partition coefficient (Wildman–Crippen LogP) is 4.74. The van der Waals surface area contributed by atoms with Crippen LogP contribution in [-0.2, 0) is 6.54 Å². The number of rotatable bonds is 3. The molecule has 3 aromatic rings. The monoisotopic (exact) mass is 274 g/mol. The Balaban J connectivity index is 2.24. The molecule has 2 aromatic carbocycles. The van der Waals surface area contributed by atoms with Crippen molar-refractivity contribution in [1.29, 1.82) is 0 Å². The van der Waals surface area contributed by atoms with Gasteiger partial charge in [-0.15, -0.1) is 12.1 Å². The normalized spacial score (nSPS) is 12.2. The summed E-state index contributed by atoms with van der Waals surface area (Å²) >= 11 is 0. The summed E-state index contributed by atoms with van der Waals surface area (Å²) in [5.74, 6) is 0. The molecule has 5 heteroatoms. The number of benzene rings is 2. The van der Waals surface area contributed by atoms with Crippen LogP contribution in [0.5, 0.6) is 0 Å². The molecule has 0 aliphatic carbocycles. The number of halogens is 3. The molecule has 0 aliphatic heterocycles. The Hall–Kier alpha value is -2.17. The van der Waals surface area contributed by atoms with Gasteiger partial charge >= 0.3 is 6.98 Å². The lowest BCUT2D eigenvalue weighted by molar-refractivity contribution is 0.484. The molecule has 1 heterocycles. The Labute approximate surface area is 114 Å². The molecule has 0 saturated carbocycles. The lowest BCUT2D eigenvalue weighted by atomic mass is 9.80. The van der Waals surface area contributed by atoms with Gasteiger partial charge in [0.25, 0.3) is 0 Å². The van der Waals surface area contributed by atoms with E-state index in [9.17, 15) is 12.9 Å². The van der Waals surface area contributed by atoms with Crippen molar-refractivity contribution in [3.8, 4) is 0 Å². The van der Waals surface area contributed by atoms with Gasteiger partial charge in [-0.2, -0.15) is 0 Å². The molecule has 0 spiro atoms. The molecule has 0 amide bonds. The molecule has 0 atom stereocenters. The summed E-state index contributed by atoms with van der Waals surface area (Å²) < 4.78 is 40.1. The van der Waals surface area contributed by atoms with Crippen molar-refractivity contribution in [3.63, 3.8) is 0 Å². The molecule has 1 nitrogen and oxygen atoms in total. The third-order valence-corrected chi connectivity index (χ3v) is 3.50. The number of fused-ring (bicyclic) bond motifs is 3. The molecular formula is C15H12BF3N-. The van der Waals surface area contributed by atoms with Crippen molar-refractivity contribution in [2.75, 3.05) is 0 Å². The van der Waals surface area contributed by atoms with E-state index in [4.69, 9.17) is 0 Å². The summed E-state index contributed by atoms with van der Waals surface area (Å²) in [7, 11) is 0. The molecule has 0 aliphatic rings. The topological polar surface area (TPSA) is 4.93 Å². The lowest BCUT2D eigenvalue weighted by Gasteiger charge is -2.19. The van der Waals surface area contributed by atoms with Crippen molar-refractivity contribution in [3.05, 3.63) is 60.6 Å². The Morgan fingerprint density at radius 2 is 1.35 bits per heavy atom. The van der Waals surface area contributed by atoms with E-state index in [2.05, 4.69) is 6.58 Å². The molecule has 1 aromatic heterocycles. The Morgan fingerprint density at radius 1 is 0.900 bits per heavy atom. The number of hydrogen-bond acceptors (Lipinski definition) is 0. The van der Waals surface area contributed by atoms with Gasteiger partial charge in [-0.3, -0.25) is 0 Å². The zero-order valence-electron chi connectivity index (χ0n) is 10.7. The van der Waals surface area contributed by atoms with Crippen molar-refractivity contribution in [2.24, 2.45) is 0 Å². The minimum absolute atomic E-state index is 0.225. The number of allylic oxidation sites excluding steroid dienone is 1. The van der Waals surface area contributed by atoms with Crippen LogP contribution in [-0.4, -0.2) is 11.5 Å². The van der Waals surface area contributed by atoms with Gasteiger partial charge in [-0.25, -0.2) is 0 Å². The summed E-state index contributed by atoms with van der Waals surface area (Å²) in [6.45, 7) is -2.04. The third kappa shape index (κ3) is 1.99. The zero-order valence-corrected chi connectivity index (χ0v) is 10.7. The van der Waals surface area contributed by atoms with Gasteiger partial charge in [0, 0.05) is 28.4 Å². The van der Waals surface area contributed by atoms with E-state index in [0.29, 0.717) is 0 Å². The molecular weight excluding hydrogens is 262 g/mol. The van der Waals surface area contributed by atoms with Crippen LogP contribution in [0.25, 0.3) is 21.8 Å². The Kier molecular flexibility index (Phi) is 2.85. The second kappa shape index (κ2) is 4.44.